The smallest absolute Gasteiger partial charge is 0.226 e. The number of carbonyl (C=O) groups excluding carboxylic acids is 1. The monoisotopic (exact) mass is 427 g/mol. The van der Waals surface area contributed by atoms with Crippen LogP contribution in [0.4, 0.5) is 0 Å². The highest BCUT2D eigenvalue weighted by atomic mass is 32.2. The molecule has 0 aliphatic carbocycles. The van der Waals surface area contributed by atoms with E-state index in [1.807, 2.05) is 41.4 Å². The lowest BCUT2D eigenvalue weighted by molar-refractivity contribution is -0.144. The maximum absolute atomic E-state index is 12.8. The van der Waals surface area contributed by atoms with Crippen LogP contribution in [0.3, 0.4) is 0 Å². The number of ether oxygens (including phenoxy) is 1. The Bertz CT molecular complexity index is 1060. The Morgan fingerprint density at radius 1 is 1.17 bits per heavy atom. The Balaban J connectivity index is 1.37. The molecule has 2 aromatic rings. The Morgan fingerprint density at radius 2 is 1.93 bits per heavy atom. The van der Waals surface area contributed by atoms with Gasteiger partial charge in [0.25, 0.3) is 0 Å². The minimum Gasteiger partial charge on any atom is -0.368 e. The lowest BCUT2D eigenvalue weighted by atomic mass is 9.83. The number of fused-ring (bicyclic) bond motifs is 2. The van der Waals surface area contributed by atoms with Crippen molar-refractivity contribution < 1.29 is 17.9 Å². The molecule has 1 amide bonds. The summed E-state index contributed by atoms with van der Waals surface area (Å²) in [4.78, 5) is 24.1. The van der Waals surface area contributed by atoms with Gasteiger partial charge in [-0.25, -0.2) is 18.4 Å². The van der Waals surface area contributed by atoms with Crippen molar-refractivity contribution in [2.75, 3.05) is 31.2 Å². The van der Waals surface area contributed by atoms with Gasteiger partial charge in [0.05, 0.1) is 29.7 Å². The number of sulfone groups is 1. The predicted octanol–water partition coefficient (Wildman–Crippen LogP) is 1.97. The molecule has 3 aliphatic rings. The zero-order valence-electron chi connectivity index (χ0n) is 16.8. The molecule has 1 aromatic heterocycles. The zero-order valence-corrected chi connectivity index (χ0v) is 17.6. The topological polar surface area (TPSA) is 89.5 Å². The van der Waals surface area contributed by atoms with E-state index in [4.69, 9.17) is 9.72 Å². The van der Waals surface area contributed by atoms with Gasteiger partial charge in [-0.1, -0.05) is 30.3 Å². The van der Waals surface area contributed by atoms with Crippen LogP contribution in [0.1, 0.15) is 30.5 Å². The summed E-state index contributed by atoms with van der Waals surface area (Å²) in [6, 6.07) is 9.90. The Hall–Kier alpha value is -2.32. The molecule has 0 radical (unpaired) electrons. The second-order valence-electron chi connectivity index (χ2n) is 8.45. The second-order valence-corrected chi connectivity index (χ2v) is 10.7. The molecule has 158 valence electrons. The van der Waals surface area contributed by atoms with Crippen LogP contribution in [0.25, 0.3) is 11.4 Å². The normalized spacial score (nSPS) is 24.5. The van der Waals surface area contributed by atoms with Crippen LogP contribution in [-0.2, 0) is 31.4 Å². The van der Waals surface area contributed by atoms with Gasteiger partial charge < -0.3 is 9.64 Å². The third kappa shape index (κ3) is 3.52. The first kappa shape index (κ1) is 19.6. The number of carbonyl (C=O) groups is 1. The molecule has 0 bridgehead atoms. The molecule has 4 heterocycles. The number of rotatable bonds is 2. The summed E-state index contributed by atoms with van der Waals surface area (Å²) in [6.45, 7) is 1.73. The van der Waals surface area contributed by atoms with Gasteiger partial charge >= 0.3 is 0 Å². The minimum absolute atomic E-state index is 0.0134. The maximum Gasteiger partial charge on any atom is 0.226 e. The molecule has 1 aromatic carbocycles. The summed E-state index contributed by atoms with van der Waals surface area (Å²) < 4.78 is 29.8. The van der Waals surface area contributed by atoms with Crippen molar-refractivity contribution in [2.24, 2.45) is 5.92 Å². The summed E-state index contributed by atoms with van der Waals surface area (Å²) >= 11 is 0. The first-order chi connectivity index (χ1) is 14.5. The first-order valence-corrected chi connectivity index (χ1v) is 12.3. The van der Waals surface area contributed by atoms with Gasteiger partial charge in [0.2, 0.25) is 5.91 Å². The molecule has 0 saturated carbocycles. The summed E-state index contributed by atoms with van der Waals surface area (Å²) in [6.07, 6.45) is 4.47. The van der Waals surface area contributed by atoms with Gasteiger partial charge in [-0.15, -0.1) is 0 Å². The predicted molar refractivity (Wildman–Crippen MR) is 111 cm³/mol. The molecule has 1 atom stereocenters. The molecular weight excluding hydrogens is 402 g/mol. The minimum atomic E-state index is -3.07. The number of piperidine rings is 1. The average Bonchev–Trinajstić information content (AvgIpc) is 3.14. The van der Waals surface area contributed by atoms with Crippen LogP contribution >= 0.6 is 0 Å². The van der Waals surface area contributed by atoms with Crippen molar-refractivity contribution >= 4 is 15.7 Å². The standard InChI is InChI=1S/C22H25N3O4S/c26-21(18-7-13-30(27,28)15-18)25-10-8-22(9-11-25)19-17(6-12-29-22)14-23-20(24-19)16-4-2-1-3-5-16/h1-5,14,18H,6-13,15H2. The van der Waals surface area contributed by atoms with E-state index in [0.717, 1.165) is 23.2 Å². The van der Waals surface area contributed by atoms with Crippen molar-refractivity contribution in [2.45, 2.75) is 31.3 Å². The first-order valence-electron chi connectivity index (χ1n) is 10.5. The molecule has 3 aliphatic heterocycles. The van der Waals surface area contributed by atoms with Crippen molar-refractivity contribution in [1.82, 2.24) is 14.9 Å². The highest BCUT2D eigenvalue weighted by molar-refractivity contribution is 7.91. The Labute approximate surface area is 176 Å². The van der Waals surface area contributed by atoms with Crippen molar-refractivity contribution in [3.8, 4) is 11.4 Å². The maximum atomic E-state index is 12.8. The van der Waals surface area contributed by atoms with E-state index in [-0.39, 0.29) is 17.4 Å². The van der Waals surface area contributed by atoms with Crippen molar-refractivity contribution in [1.29, 1.82) is 0 Å². The lowest BCUT2D eigenvalue weighted by Gasteiger charge is -2.44. The molecule has 5 rings (SSSR count). The summed E-state index contributed by atoms with van der Waals surface area (Å²) in [5, 5.41) is 0. The van der Waals surface area contributed by atoms with Gasteiger partial charge in [0.15, 0.2) is 15.7 Å². The SMILES string of the molecule is O=C(C1CCS(=O)(=O)C1)N1CCC2(CC1)OCCc1cnc(-c3ccccc3)nc12. The number of nitrogens with zero attached hydrogens (tertiary/aromatic N) is 3. The van der Waals surface area contributed by atoms with Crippen LogP contribution in [0.2, 0.25) is 0 Å². The van der Waals surface area contributed by atoms with Crippen LogP contribution < -0.4 is 0 Å². The van der Waals surface area contributed by atoms with E-state index in [0.29, 0.717) is 44.8 Å². The zero-order chi connectivity index (χ0) is 20.8. The quantitative estimate of drug-likeness (QED) is 0.728. The third-order valence-corrected chi connectivity index (χ3v) is 8.31. The molecule has 1 unspecified atom stereocenters. The molecule has 0 N–H and O–H groups in total. The lowest BCUT2D eigenvalue weighted by Crippen LogP contribution is -2.50. The fourth-order valence-corrected chi connectivity index (χ4v) is 6.59. The van der Waals surface area contributed by atoms with E-state index in [9.17, 15) is 13.2 Å². The largest absolute Gasteiger partial charge is 0.368 e. The number of hydrogen-bond acceptors (Lipinski definition) is 6. The fourth-order valence-electron chi connectivity index (χ4n) is 4.85. The number of likely N-dealkylation sites (tertiary alicyclic amines) is 1. The highest BCUT2D eigenvalue weighted by Gasteiger charge is 2.45. The second kappa shape index (κ2) is 7.42. The van der Waals surface area contributed by atoms with Gasteiger partial charge in [0, 0.05) is 24.8 Å². The van der Waals surface area contributed by atoms with E-state index < -0.39 is 21.4 Å². The van der Waals surface area contributed by atoms with Crippen LogP contribution in [0.5, 0.6) is 0 Å². The van der Waals surface area contributed by atoms with Crippen LogP contribution in [0, 0.1) is 5.92 Å². The van der Waals surface area contributed by atoms with Crippen molar-refractivity contribution in [3.05, 3.63) is 47.8 Å². The van der Waals surface area contributed by atoms with E-state index in [1.54, 1.807) is 0 Å². The number of benzene rings is 1. The van der Waals surface area contributed by atoms with Gasteiger partial charge in [-0.2, -0.15) is 0 Å². The Morgan fingerprint density at radius 3 is 2.63 bits per heavy atom. The molecule has 2 fully saturated rings. The average molecular weight is 428 g/mol. The number of hydrogen-bond donors (Lipinski definition) is 0. The molecular formula is C22H25N3O4S. The highest BCUT2D eigenvalue weighted by Crippen LogP contribution is 2.41. The summed E-state index contributed by atoms with van der Waals surface area (Å²) in [7, 11) is -3.07. The van der Waals surface area contributed by atoms with Crippen molar-refractivity contribution in [3.63, 3.8) is 0 Å². The molecule has 30 heavy (non-hydrogen) atoms. The number of amides is 1. The Kier molecular flexibility index (Phi) is 4.86. The molecule has 8 heteroatoms. The van der Waals surface area contributed by atoms with E-state index in [1.165, 1.54) is 0 Å². The van der Waals surface area contributed by atoms with Gasteiger partial charge in [0.1, 0.15) is 5.60 Å². The summed E-state index contributed by atoms with van der Waals surface area (Å²) in [5.74, 6) is 0.372. The van der Waals surface area contributed by atoms with Gasteiger partial charge in [-0.3, -0.25) is 4.79 Å². The molecule has 7 nitrogen and oxygen atoms in total. The summed E-state index contributed by atoms with van der Waals surface area (Å²) in [5.41, 5.74) is 2.52. The molecule has 1 spiro atoms. The van der Waals surface area contributed by atoms with Crippen LogP contribution in [0.15, 0.2) is 36.5 Å². The molecule has 2 saturated heterocycles. The van der Waals surface area contributed by atoms with E-state index >= 15 is 0 Å². The fraction of sp³-hybridized carbons (Fsp3) is 0.500. The third-order valence-electron chi connectivity index (χ3n) is 6.54. The van der Waals surface area contributed by atoms with Gasteiger partial charge in [-0.05, 0) is 31.2 Å². The van der Waals surface area contributed by atoms with Crippen LogP contribution in [-0.4, -0.2) is 60.4 Å². The number of aromatic nitrogens is 2. The van der Waals surface area contributed by atoms with E-state index in [2.05, 4.69) is 4.98 Å².